The summed E-state index contributed by atoms with van der Waals surface area (Å²) in [4.78, 5) is 13.3. The van der Waals surface area contributed by atoms with Gasteiger partial charge >= 0.3 is 0 Å². The first kappa shape index (κ1) is 14.9. The normalized spacial score (nSPS) is 11.2. The number of carbonyl (C=O) groups excluding carboxylic acids is 1. The van der Waals surface area contributed by atoms with E-state index in [9.17, 15) is 4.79 Å². The molecule has 16 heavy (non-hydrogen) atoms. The summed E-state index contributed by atoms with van der Waals surface area (Å²) in [5.74, 6) is -0.0504. The van der Waals surface area contributed by atoms with Gasteiger partial charge in [-0.15, -0.1) is 0 Å². The summed E-state index contributed by atoms with van der Waals surface area (Å²) in [5.41, 5.74) is 5.64. The Morgan fingerprint density at radius 1 is 1.56 bits per heavy atom. The molecule has 0 heterocycles. The van der Waals surface area contributed by atoms with E-state index in [1.807, 2.05) is 18.0 Å². The maximum absolute atomic E-state index is 11.4. The standard InChI is InChI=1S/C11H22N4O/c1-11(2,8-13)9-15(3)7-10(16)14-6-4-5-12/h4,6-9,13H2,1-3H3,(H,14,16). The van der Waals surface area contributed by atoms with E-state index in [4.69, 9.17) is 11.0 Å². The highest BCUT2D eigenvalue weighted by atomic mass is 16.2. The molecule has 0 rings (SSSR count). The van der Waals surface area contributed by atoms with Crippen LogP contribution in [0.25, 0.3) is 0 Å². The van der Waals surface area contributed by atoms with Gasteiger partial charge in [0.15, 0.2) is 0 Å². The minimum atomic E-state index is -0.0504. The maximum Gasteiger partial charge on any atom is 0.234 e. The van der Waals surface area contributed by atoms with Gasteiger partial charge in [-0.05, 0) is 19.0 Å². The van der Waals surface area contributed by atoms with Crippen molar-refractivity contribution in [2.24, 2.45) is 11.1 Å². The fraction of sp³-hybridized carbons (Fsp3) is 0.818. The van der Waals surface area contributed by atoms with Crippen molar-refractivity contribution in [3.8, 4) is 6.07 Å². The Morgan fingerprint density at radius 2 is 2.19 bits per heavy atom. The van der Waals surface area contributed by atoms with Crippen molar-refractivity contribution < 1.29 is 4.79 Å². The van der Waals surface area contributed by atoms with Crippen LogP contribution in [0.5, 0.6) is 0 Å². The van der Waals surface area contributed by atoms with E-state index in [1.165, 1.54) is 0 Å². The summed E-state index contributed by atoms with van der Waals surface area (Å²) in [6, 6.07) is 1.98. The monoisotopic (exact) mass is 226 g/mol. The number of nitriles is 1. The number of nitrogens with zero attached hydrogens (tertiary/aromatic N) is 2. The molecule has 0 unspecified atom stereocenters. The SMILES string of the molecule is CN(CC(=O)NCCC#N)CC(C)(C)CN. The molecule has 0 fully saturated rings. The molecule has 0 spiro atoms. The van der Waals surface area contributed by atoms with Gasteiger partial charge in [-0.3, -0.25) is 9.69 Å². The highest BCUT2D eigenvalue weighted by Gasteiger charge is 2.19. The lowest BCUT2D eigenvalue weighted by atomic mass is 9.93. The Kier molecular flexibility index (Phi) is 6.70. The van der Waals surface area contributed by atoms with Gasteiger partial charge in [0.1, 0.15) is 0 Å². The fourth-order valence-corrected chi connectivity index (χ4v) is 1.41. The molecule has 3 N–H and O–H groups in total. The van der Waals surface area contributed by atoms with Gasteiger partial charge in [0.2, 0.25) is 5.91 Å². The number of rotatable bonds is 7. The van der Waals surface area contributed by atoms with E-state index in [2.05, 4.69) is 19.2 Å². The number of amides is 1. The molecule has 0 bridgehead atoms. The predicted octanol–water partition coefficient (Wildman–Crippen LogP) is -0.0670. The molecule has 1 amide bonds. The molecule has 0 aromatic heterocycles. The average Bonchev–Trinajstić information content (AvgIpc) is 2.17. The van der Waals surface area contributed by atoms with Gasteiger partial charge in [-0.1, -0.05) is 13.8 Å². The third-order valence-corrected chi connectivity index (χ3v) is 2.22. The number of hydrogen-bond donors (Lipinski definition) is 2. The molecular formula is C11H22N4O. The Labute approximate surface area is 97.6 Å². The van der Waals surface area contributed by atoms with E-state index >= 15 is 0 Å². The molecule has 0 radical (unpaired) electrons. The fourth-order valence-electron chi connectivity index (χ4n) is 1.41. The molecular weight excluding hydrogens is 204 g/mol. The zero-order chi connectivity index (χ0) is 12.6. The Balaban J connectivity index is 3.83. The maximum atomic E-state index is 11.4. The van der Waals surface area contributed by atoms with Crippen molar-refractivity contribution in [1.29, 1.82) is 5.26 Å². The lowest BCUT2D eigenvalue weighted by molar-refractivity contribution is -0.122. The number of nitrogens with two attached hydrogens (primary N) is 1. The Bertz CT molecular complexity index is 257. The van der Waals surface area contributed by atoms with Crippen molar-refractivity contribution in [1.82, 2.24) is 10.2 Å². The van der Waals surface area contributed by atoms with E-state index in [0.717, 1.165) is 6.54 Å². The second kappa shape index (κ2) is 7.20. The summed E-state index contributed by atoms with van der Waals surface area (Å²) < 4.78 is 0. The van der Waals surface area contributed by atoms with Gasteiger partial charge in [0, 0.05) is 13.1 Å². The number of carbonyl (C=O) groups is 1. The highest BCUT2D eigenvalue weighted by molar-refractivity contribution is 5.77. The van der Waals surface area contributed by atoms with Crippen LogP contribution in [0.4, 0.5) is 0 Å². The zero-order valence-corrected chi connectivity index (χ0v) is 10.4. The van der Waals surface area contributed by atoms with Crippen molar-refractivity contribution >= 4 is 5.91 Å². The zero-order valence-electron chi connectivity index (χ0n) is 10.4. The summed E-state index contributed by atoms with van der Waals surface area (Å²) in [6.45, 7) is 6.26. The van der Waals surface area contributed by atoms with Crippen LogP contribution in [0.2, 0.25) is 0 Å². The molecule has 0 aromatic rings. The average molecular weight is 226 g/mol. The largest absolute Gasteiger partial charge is 0.354 e. The minimum Gasteiger partial charge on any atom is -0.354 e. The van der Waals surface area contributed by atoms with Crippen molar-refractivity contribution in [2.75, 3.05) is 33.2 Å². The third kappa shape index (κ3) is 7.21. The van der Waals surface area contributed by atoms with Crippen molar-refractivity contribution in [3.63, 3.8) is 0 Å². The highest BCUT2D eigenvalue weighted by Crippen LogP contribution is 2.13. The van der Waals surface area contributed by atoms with Gasteiger partial charge in [0.25, 0.3) is 0 Å². The van der Waals surface area contributed by atoms with Crippen molar-refractivity contribution in [3.05, 3.63) is 0 Å². The smallest absolute Gasteiger partial charge is 0.234 e. The number of likely N-dealkylation sites (N-methyl/N-ethyl adjacent to an activating group) is 1. The molecule has 0 saturated heterocycles. The van der Waals surface area contributed by atoms with Gasteiger partial charge in [0.05, 0.1) is 19.0 Å². The van der Waals surface area contributed by atoms with Gasteiger partial charge in [-0.2, -0.15) is 5.26 Å². The van der Waals surface area contributed by atoms with Gasteiger partial charge in [-0.25, -0.2) is 0 Å². The molecule has 0 aliphatic heterocycles. The second-order valence-electron chi connectivity index (χ2n) is 4.80. The molecule has 0 aliphatic carbocycles. The van der Waals surface area contributed by atoms with Crippen LogP contribution in [-0.2, 0) is 4.79 Å². The van der Waals surface area contributed by atoms with E-state index in [-0.39, 0.29) is 11.3 Å². The topological polar surface area (TPSA) is 82.2 Å². The van der Waals surface area contributed by atoms with Crippen LogP contribution in [0.3, 0.4) is 0 Å². The molecule has 0 aliphatic rings. The second-order valence-corrected chi connectivity index (χ2v) is 4.80. The first-order chi connectivity index (χ1) is 7.41. The number of hydrogen-bond acceptors (Lipinski definition) is 4. The first-order valence-electron chi connectivity index (χ1n) is 5.43. The molecule has 5 heteroatoms. The van der Waals surface area contributed by atoms with Gasteiger partial charge < -0.3 is 11.1 Å². The number of nitrogens with one attached hydrogen (secondary N) is 1. The molecule has 0 aromatic carbocycles. The lowest BCUT2D eigenvalue weighted by Crippen LogP contribution is -2.42. The quantitative estimate of drug-likeness (QED) is 0.595. The van der Waals surface area contributed by atoms with Crippen LogP contribution in [0, 0.1) is 16.7 Å². The van der Waals surface area contributed by atoms with E-state index < -0.39 is 0 Å². The first-order valence-corrected chi connectivity index (χ1v) is 5.43. The van der Waals surface area contributed by atoms with Crippen LogP contribution < -0.4 is 11.1 Å². The van der Waals surface area contributed by atoms with Crippen LogP contribution in [0.15, 0.2) is 0 Å². The molecule has 0 atom stereocenters. The minimum absolute atomic E-state index is 0.0156. The predicted molar refractivity (Wildman–Crippen MR) is 63.6 cm³/mol. The van der Waals surface area contributed by atoms with Crippen LogP contribution >= 0.6 is 0 Å². The summed E-state index contributed by atoms with van der Waals surface area (Å²) >= 11 is 0. The Hall–Kier alpha value is -1.12. The van der Waals surface area contributed by atoms with E-state index in [1.54, 1.807) is 0 Å². The van der Waals surface area contributed by atoms with Crippen LogP contribution in [0.1, 0.15) is 20.3 Å². The lowest BCUT2D eigenvalue weighted by Gasteiger charge is -2.28. The van der Waals surface area contributed by atoms with E-state index in [0.29, 0.717) is 26.1 Å². The molecule has 5 nitrogen and oxygen atoms in total. The third-order valence-electron chi connectivity index (χ3n) is 2.22. The molecule has 92 valence electrons. The van der Waals surface area contributed by atoms with Crippen LogP contribution in [-0.4, -0.2) is 44.0 Å². The summed E-state index contributed by atoms with van der Waals surface area (Å²) in [5, 5.41) is 11.0. The van der Waals surface area contributed by atoms with Crippen molar-refractivity contribution in [2.45, 2.75) is 20.3 Å². The molecule has 0 saturated carbocycles. The summed E-state index contributed by atoms with van der Waals surface area (Å²) in [7, 11) is 1.89. The Morgan fingerprint density at radius 3 is 2.69 bits per heavy atom. The summed E-state index contributed by atoms with van der Waals surface area (Å²) in [6.07, 6.45) is 0.351.